The number of benzene rings is 2. The summed E-state index contributed by atoms with van der Waals surface area (Å²) in [7, 11) is -3.28. The third-order valence-corrected chi connectivity index (χ3v) is 7.16. The first-order valence-electron chi connectivity index (χ1n) is 10.2. The van der Waals surface area contributed by atoms with E-state index in [1.165, 1.54) is 12.1 Å². The van der Waals surface area contributed by atoms with Gasteiger partial charge in [0.05, 0.1) is 17.6 Å². The van der Waals surface area contributed by atoms with Crippen LogP contribution in [0.1, 0.15) is 27.9 Å². The molecule has 0 aliphatic rings. The van der Waals surface area contributed by atoms with Gasteiger partial charge in [-0.15, -0.1) is 0 Å². The monoisotopic (exact) mass is 488 g/mol. The Morgan fingerprint density at radius 3 is 2.47 bits per heavy atom. The highest BCUT2D eigenvalue weighted by atomic mass is 32.2. The van der Waals surface area contributed by atoms with Crippen LogP contribution in [0, 0.1) is 0 Å². The van der Waals surface area contributed by atoms with Crippen molar-refractivity contribution in [2.75, 3.05) is 7.11 Å². The Kier molecular flexibility index (Phi) is 6.18. The first kappa shape index (κ1) is 23.5. The van der Waals surface area contributed by atoms with Crippen LogP contribution >= 0.6 is 0 Å². The van der Waals surface area contributed by atoms with Crippen LogP contribution in [0.25, 0.3) is 5.65 Å². The fourth-order valence-electron chi connectivity index (χ4n) is 3.61. The number of hydrogen-bond acceptors (Lipinski definition) is 5. The van der Waals surface area contributed by atoms with Gasteiger partial charge < -0.3 is 9.14 Å². The summed E-state index contributed by atoms with van der Waals surface area (Å²) in [6.07, 6.45) is 0.874. The highest BCUT2D eigenvalue weighted by molar-refractivity contribution is 7.91. The minimum atomic E-state index is -4.77. The van der Waals surface area contributed by atoms with Crippen molar-refractivity contribution >= 4 is 21.3 Å². The minimum Gasteiger partial charge on any atom is -0.495 e. The van der Waals surface area contributed by atoms with Gasteiger partial charge in [0.2, 0.25) is 9.84 Å². The molecule has 0 fully saturated rings. The highest BCUT2D eigenvalue weighted by Crippen LogP contribution is 2.41. The lowest BCUT2D eigenvalue weighted by Crippen LogP contribution is -2.12. The molecule has 0 aliphatic heterocycles. The van der Waals surface area contributed by atoms with Crippen molar-refractivity contribution in [3.05, 3.63) is 89.9 Å². The predicted molar refractivity (Wildman–Crippen MR) is 118 cm³/mol. The Labute approximate surface area is 193 Å². The first-order chi connectivity index (χ1) is 16.1. The fourth-order valence-corrected chi connectivity index (χ4v) is 5.05. The molecule has 4 aromatic rings. The average molecular weight is 488 g/mol. The van der Waals surface area contributed by atoms with Crippen LogP contribution < -0.4 is 4.74 Å². The maximum absolute atomic E-state index is 13.3. The van der Waals surface area contributed by atoms with Crippen molar-refractivity contribution in [1.82, 2.24) is 9.38 Å². The number of para-hydroxylation sites is 1. The zero-order chi connectivity index (χ0) is 24.5. The van der Waals surface area contributed by atoms with Crippen LogP contribution in [0.3, 0.4) is 0 Å². The largest absolute Gasteiger partial charge is 0.495 e. The van der Waals surface area contributed by atoms with Gasteiger partial charge in [-0.1, -0.05) is 18.2 Å². The second kappa shape index (κ2) is 8.94. The van der Waals surface area contributed by atoms with Gasteiger partial charge in [0.15, 0.2) is 5.78 Å². The molecule has 0 unspecified atom stereocenters. The first-order valence-corrected chi connectivity index (χ1v) is 11.6. The molecule has 0 amide bonds. The number of imidazole rings is 1. The predicted octanol–water partition coefficient (Wildman–Crippen LogP) is 5.01. The third-order valence-electron chi connectivity index (χ3n) is 5.36. The number of hydrogen-bond donors (Lipinski definition) is 0. The Morgan fingerprint density at radius 1 is 1.06 bits per heavy atom. The van der Waals surface area contributed by atoms with Crippen LogP contribution in [-0.2, 0) is 22.4 Å². The fraction of sp³-hybridized carbons (Fsp3) is 0.167. The molecule has 0 spiro atoms. The number of pyridine rings is 1. The number of alkyl halides is 3. The maximum atomic E-state index is 13.3. The molecule has 2 aromatic carbocycles. The van der Waals surface area contributed by atoms with E-state index < -0.39 is 32.2 Å². The number of rotatable bonds is 7. The van der Waals surface area contributed by atoms with E-state index in [4.69, 9.17) is 4.74 Å². The molecule has 4 rings (SSSR count). The van der Waals surface area contributed by atoms with Crippen molar-refractivity contribution in [2.24, 2.45) is 0 Å². The smallest absolute Gasteiger partial charge is 0.420 e. The van der Waals surface area contributed by atoms with E-state index in [-0.39, 0.29) is 17.1 Å². The van der Waals surface area contributed by atoms with Gasteiger partial charge in [0.1, 0.15) is 16.3 Å². The van der Waals surface area contributed by atoms with Crippen molar-refractivity contribution in [3.63, 3.8) is 0 Å². The molecular weight excluding hydrogens is 469 g/mol. The van der Waals surface area contributed by atoms with E-state index in [9.17, 15) is 26.4 Å². The summed E-state index contributed by atoms with van der Waals surface area (Å²) >= 11 is 0. The van der Waals surface area contributed by atoms with Crippen LogP contribution in [0.4, 0.5) is 13.2 Å². The quantitative estimate of drug-likeness (QED) is 0.342. The molecular formula is C24H19F3N2O4S. The molecule has 0 atom stereocenters. The summed E-state index contributed by atoms with van der Waals surface area (Å²) in [5.41, 5.74) is 0.805. The Morgan fingerprint density at radius 2 is 1.79 bits per heavy atom. The summed E-state index contributed by atoms with van der Waals surface area (Å²) in [4.78, 5) is 15.9. The standard InChI is InChI=1S/C24H19F3N2O4S/c1-33-23-19(24(25,26)27)3-2-4-21(23)34(31,32)18-9-5-16(6-10-18)7-11-20(30)17-8-12-22-28-13-14-29(22)15-17/h2-6,8-10,12-15H,7,11H2,1H3. The lowest BCUT2D eigenvalue weighted by atomic mass is 10.0. The molecule has 0 bridgehead atoms. The lowest BCUT2D eigenvalue weighted by molar-refractivity contribution is -0.139. The summed E-state index contributed by atoms with van der Waals surface area (Å²) in [5.74, 6) is -0.833. The van der Waals surface area contributed by atoms with Crippen LogP contribution in [0.2, 0.25) is 0 Å². The van der Waals surface area contributed by atoms with E-state index in [0.29, 0.717) is 17.5 Å². The number of carbonyl (C=O) groups excluding carboxylic acids is 1. The summed E-state index contributed by atoms with van der Waals surface area (Å²) in [5, 5.41) is 0. The second-order valence-electron chi connectivity index (χ2n) is 7.52. The number of carbonyl (C=O) groups is 1. The van der Waals surface area contributed by atoms with Crippen LogP contribution in [0.15, 0.2) is 83.0 Å². The SMILES string of the molecule is COc1c(C(F)(F)F)cccc1S(=O)(=O)c1ccc(CCC(=O)c2ccc3nccn3c2)cc1. The number of Topliss-reactive ketones (excluding diaryl/α,β-unsaturated/α-hetero) is 1. The zero-order valence-electron chi connectivity index (χ0n) is 17.9. The van der Waals surface area contributed by atoms with Crippen molar-refractivity contribution < 1.29 is 31.1 Å². The van der Waals surface area contributed by atoms with Gasteiger partial charge >= 0.3 is 6.18 Å². The Balaban J connectivity index is 1.52. The molecule has 0 aliphatic carbocycles. The normalized spacial score (nSPS) is 12.1. The number of sulfone groups is 1. The number of ether oxygens (including phenoxy) is 1. The highest BCUT2D eigenvalue weighted by Gasteiger charge is 2.37. The lowest BCUT2D eigenvalue weighted by Gasteiger charge is -2.16. The number of ketones is 1. The molecule has 0 radical (unpaired) electrons. The van der Waals surface area contributed by atoms with Crippen molar-refractivity contribution in [1.29, 1.82) is 0 Å². The molecule has 2 heterocycles. The van der Waals surface area contributed by atoms with Crippen LogP contribution in [0.5, 0.6) is 5.75 Å². The number of aromatic nitrogens is 2. The summed E-state index contributed by atoms with van der Waals surface area (Å²) < 4.78 is 72.5. The third kappa shape index (κ3) is 4.54. The molecule has 0 saturated heterocycles. The molecule has 2 aromatic heterocycles. The number of fused-ring (bicyclic) bond motifs is 1. The van der Waals surface area contributed by atoms with Gasteiger partial charge in [-0.3, -0.25) is 4.79 Å². The van der Waals surface area contributed by atoms with Gasteiger partial charge in [-0.25, -0.2) is 13.4 Å². The molecule has 176 valence electrons. The second-order valence-corrected chi connectivity index (χ2v) is 9.43. The summed E-state index contributed by atoms with van der Waals surface area (Å²) in [6.45, 7) is 0. The van der Waals surface area contributed by atoms with Crippen molar-refractivity contribution in [3.8, 4) is 5.75 Å². The van der Waals surface area contributed by atoms with E-state index >= 15 is 0 Å². The Bertz CT molecular complexity index is 1460. The van der Waals surface area contributed by atoms with Gasteiger partial charge in [0, 0.05) is 30.6 Å². The number of aryl methyl sites for hydroxylation is 1. The van der Waals surface area contributed by atoms with E-state index in [1.54, 1.807) is 47.3 Å². The van der Waals surface area contributed by atoms with Crippen LogP contribution in [-0.4, -0.2) is 30.7 Å². The summed E-state index contributed by atoms with van der Waals surface area (Å²) in [6, 6.07) is 12.0. The number of halogens is 3. The number of methoxy groups -OCH3 is 1. The molecule has 34 heavy (non-hydrogen) atoms. The van der Waals surface area contributed by atoms with E-state index in [2.05, 4.69) is 4.98 Å². The molecule has 10 heteroatoms. The average Bonchev–Trinajstić information content (AvgIpc) is 3.29. The zero-order valence-corrected chi connectivity index (χ0v) is 18.7. The molecule has 0 N–H and O–H groups in total. The van der Waals surface area contributed by atoms with Gasteiger partial charge in [-0.05, 0) is 48.4 Å². The minimum absolute atomic E-state index is 0.0824. The van der Waals surface area contributed by atoms with E-state index in [0.717, 1.165) is 31.0 Å². The maximum Gasteiger partial charge on any atom is 0.420 e. The molecule has 6 nitrogen and oxygen atoms in total. The van der Waals surface area contributed by atoms with E-state index in [1.807, 2.05) is 0 Å². The topological polar surface area (TPSA) is 77.7 Å². The number of nitrogens with zero attached hydrogens (tertiary/aromatic N) is 2. The molecule has 0 saturated carbocycles. The van der Waals surface area contributed by atoms with Crippen molar-refractivity contribution in [2.45, 2.75) is 28.8 Å². The Hall–Kier alpha value is -3.66. The van der Waals surface area contributed by atoms with Gasteiger partial charge in [-0.2, -0.15) is 13.2 Å². The van der Waals surface area contributed by atoms with Gasteiger partial charge in [0.25, 0.3) is 0 Å².